The summed E-state index contributed by atoms with van der Waals surface area (Å²) in [6.07, 6.45) is 0.407. The summed E-state index contributed by atoms with van der Waals surface area (Å²) in [5.41, 5.74) is 1.97. The molecule has 4 rings (SSSR count). The van der Waals surface area contributed by atoms with Crippen molar-refractivity contribution in [3.63, 3.8) is 0 Å². The molecule has 1 aliphatic rings. The molecule has 7 nitrogen and oxygen atoms in total. The third-order valence-corrected chi connectivity index (χ3v) is 5.03. The topological polar surface area (TPSA) is 84.0 Å². The first kappa shape index (κ1) is 20.0. The highest BCUT2D eigenvalue weighted by Crippen LogP contribution is 2.27. The van der Waals surface area contributed by atoms with Crippen molar-refractivity contribution in [3.8, 4) is 11.5 Å². The van der Waals surface area contributed by atoms with E-state index in [2.05, 4.69) is 0 Å². The number of imide groups is 2. The van der Waals surface area contributed by atoms with Gasteiger partial charge in [0, 0.05) is 12.6 Å². The zero-order valence-electron chi connectivity index (χ0n) is 16.9. The zero-order valence-corrected chi connectivity index (χ0v) is 16.9. The van der Waals surface area contributed by atoms with E-state index in [1.54, 1.807) is 24.3 Å². The molecule has 0 bridgehead atoms. The molecule has 3 aromatic rings. The van der Waals surface area contributed by atoms with E-state index in [1.807, 2.05) is 31.2 Å². The number of amides is 4. The van der Waals surface area contributed by atoms with Crippen LogP contribution in [0.25, 0.3) is 0 Å². The molecule has 0 atom stereocenters. The number of rotatable bonds is 5. The van der Waals surface area contributed by atoms with E-state index in [0.29, 0.717) is 23.6 Å². The Hall–Kier alpha value is -4.26. The monoisotopic (exact) mass is 414 g/mol. The van der Waals surface area contributed by atoms with E-state index >= 15 is 0 Å². The number of nitrogens with zero attached hydrogens (tertiary/aromatic N) is 2. The molecule has 4 amide bonds. The summed E-state index contributed by atoms with van der Waals surface area (Å²) in [6, 6.07) is 18.2. The van der Waals surface area contributed by atoms with Crippen LogP contribution in [0.4, 0.5) is 5.69 Å². The summed E-state index contributed by atoms with van der Waals surface area (Å²) in [6.45, 7) is 1.98. The Balaban J connectivity index is 1.56. The van der Waals surface area contributed by atoms with Crippen LogP contribution < -0.4 is 9.64 Å². The van der Waals surface area contributed by atoms with Crippen LogP contribution >= 0.6 is 0 Å². The van der Waals surface area contributed by atoms with Crippen molar-refractivity contribution in [2.45, 2.75) is 6.92 Å². The van der Waals surface area contributed by atoms with Crippen LogP contribution in [0, 0.1) is 6.92 Å². The Labute approximate surface area is 178 Å². The van der Waals surface area contributed by atoms with Gasteiger partial charge in [-0.15, -0.1) is 0 Å². The summed E-state index contributed by atoms with van der Waals surface area (Å²) in [4.78, 5) is 50.7. The van der Waals surface area contributed by atoms with Gasteiger partial charge in [0.1, 0.15) is 11.5 Å². The summed E-state index contributed by atoms with van der Waals surface area (Å²) < 4.78 is 5.76. The molecule has 154 valence electrons. The van der Waals surface area contributed by atoms with E-state index in [1.165, 1.54) is 25.2 Å². The Morgan fingerprint density at radius 2 is 1.45 bits per heavy atom. The second-order valence-corrected chi connectivity index (χ2v) is 7.12. The normalized spacial score (nSPS) is 12.5. The first-order valence-electron chi connectivity index (χ1n) is 9.49. The first-order chi connectivity index (χ1) is 14.9. The van der Waals surface area contributed by atoms with Crippen molar-refractivity contribution in [2.24, 2.45) is 0 Å². The number of fused-ring (bicyclic) bond motifs is 1. The maximum absolute atomic E-state index is 12.9. The van der Waals surface area contributed by atoms with Crippen molar-refractivity contribution >= 4 is 29.8 Å². The molecule has 3 aromatic carbocycles. The number of aryl methyl sites for hydroxylation is 1. The molecule has 0 unspecified atom stereocenters. The van der Waals surface area contributed by atoms with Gasteiger partial charge in [-0.25, -0.2) is 4.90 Å². The van der Waals surface area contributed by atoms with Crippen LogP contribution in [-0.2, 0) is 4.79 Å². The number of benzene rings is 3. The van der Waals surface area contributed by atoms with E-state index in [-0.39, 0.29) is 16.7 Å². The average Bonchev–Trinajstić information content (AvgIpc) is 3.00. The fraction of sp³-hybridized carbons (Fsp3) is 0.0833. The first-order valence-corrected chi connectivity index (χ1v) is 9.49. The summed E-state index contributed by atoms with van der Waals surface area (Å²) in [7, 11) is 1.38. The zero-order chi connectivity index (χ0) is 22.1. The molecule has 0 N–H and O–H groups in total. The van der Waals surface area contributed by atoms with Gasteiger partial charge in [0.25, 0.3) is 17.7 Å². The minimum Gasteiger partial charge on any atom is -0.457 e. The molecule has 7 heteroatoms. The molecule has 1 heterocycles. The van der Waals surface area contributed by atoms with Gasteiger partial charge in [-0.05, 0) is 61.5 Å². The maximum Gasteiger partial charge on any atom is 0.264 e. The molecule has 0 saturated heterocycles. The second kappa shape index (κ2) is 7.87. The Kier molecular flexibility index (Phi) is 5.09. The van der Waals surface area contributed by atoms with Gasteiger partial charge in [0.2, 0.25) is 6.41 Å². The van der Waals surface area contributed by atoms with E-state index < -0.39 is 17.7 Å². The smallest absolute Gasteiger partial charge is 0.264 e. The molecule has 31 heavy (non-hydrogen) atoms. The van der Waals surface area contributed by atoms with Crippen molar-refractivity contribution in [2.75, 3.05) is 11.9 Å². The minimum atomic E-state index is -0.611. The number of anilines is 1. The number of carbonyl (C=O) groups excluding carboxylic acids is 4. The van der Waals surface area contributed by atoms with Crippen LogP contribution in [-0.4, -0.2) is 36.1 Å². The Morgan fingerprint density at radius 3 is 2.06 bits per heavy atom. The number of carbonyl (C=O) groups is 4. The highest BCUT2D eigenvalue weighted by Gasteiger charge is 2.33. The third kappa shape index (κ3) is 3.69. The lowest BCUT2D eigenvalue weighted by atomic mass is 10.0. The third-order valence-electron chi connectivity index (χ3n) is 5.03. The summed E-state index contributed by atoms with van der Waals surface area (Å²) >= 11 is 0. The van der Waals surface area contributed by atoms with Gasteiger partial charge in [0.05, 0.1) is 16.8 Å². The van der Waals surface area contributed by atoms with E-state index in [9.17, 15) is 19.2 Å². The molecular formula is C24H18N2O5. The lowest BCUT2D eigenvalue weighted by Gasteiger charge is -2.16. The van der Waals surface area contributed by atoms with Crippen LogP contribution in [0.15, 0.2) is 66.7 Å². The minimum absolute atomic E-state index is 0.127. The predicted molar refractivity (Wildman–Crippen MR) is 113 cm³/mol. The Morgan fingerprint density at radius 1 is 0.871 bits per heavy atom. The van der Waals surface area contributed by atoms with Gasteiger partial charge in [-0.2, -0.15) is 0 Å². The summed E-state index contributed by atoms with van der Waals surface area (Å²) in [5, 5.41) is 0. The molecule has 0 fully saturated rings. The largest absolute Gasteiger partial charge is 0.457 e. The van der Waals surface area contributed by atoms with E-state index in [4.69, 9.17) is 4.74 Å². The highest BCUT2D eigenvalue weighted by atomic mass is 16.5. The quantitative estimate of drug-likeness (QED) is 0.468. The van der Waals surface area contributed by atoms with Crippen molar-refractivity contribution in [1.29, 1.82) is 0 Å². The molecular weight excluding hydrogens is 396 g/mol. The summed E-state index contributed by atoms with van der Waals surface area (Å²) in [5.74, 6) is -0.292. The van der Waals surface area contributed by atoms with Gasteiger partial charge >= 0.3 is 0 Å². The van der Waals surface area contributed by atoms with Crippen LogP contribution in [0.1, 0.15) is 36.6 Å². The number of hydrogen-bond donors (Lipinski definition) is 0. The van der Waals surface area contributed by atoms with Crippen molar-refractivity contribution in [3.05, 3.63) is 89.0 Å². The fourth-order valence-electron chi connectivity index (χ4n) is 3.28. The van der Waals surface area contributed by atoms with Gasteiger partial charge in [0.15, 0.2) is 0 Å². The SMILES string of the molecule is Cc1ccc(Oc2ccc(N(C=O)C(=O)c3ccc4c(c3)C(=O)N(C)C4=O)cc2)cc1. The fourth-order valence-corrected chi connectivity index (χ4v) is 3.28. The van der Waals surface area contributed by atoms with Crippen LogP contribution in [0.3, 0.4) is 0 Å². The molecule has 0 aliphatic carbocycles. The highest BCUT2D eigenvalue weighted by molar-refractivity contribution is 6.23. The predicted octanol–water partition coefficient (Wildman–Crippen LogP) is 3.82. The van der Waals surface area contributed by atoms with Gasteiger partial charge in [-0.3, -0.25) is 24.1 Å². The number of ether oxygens (including phenoxy) is 1. The lowest BCUT2D eigenvalue weighted by molar-refractivity contribution is -0.106. The van der Waals surface area contributed by atoms with E-state index in [0.717, 1.165) is 15.4 Å². The molecule has 0 saturated carbocycles. The number of hydrogen-bond acceptors (Lipinski definition) is 5. The second-order valence-electron chi connectivity index (χ2n) is 7.12. The molecule has 0 radical (unpaired) electrons. The standard InChI is InChI=1S/C24H18N2O5/c1-15-3-8-18(9-4-15)31-19-10-6-17(7-11-19)26(14-27)22(28)16-5-12-20-21(13-16)24(30)25(2)23(20)29/h3-14H,1-2H3. The maximum atomic E-state index is 12.9. The lowest BCUT2D eigenvalue weighted by Crippen LogP contribution is -2.29. The van der Waals surface area contributed by atoms with Crippen LogP contribution in [0.5, 0.6) is 11.5 Å². The molecule has 0 aromatic heterocycles. The van der Waals surface area contributed by atoms with Crippen LogP contribution in [0.2, 0.25) is 0 Å². The average molecular weight is 414 g/mol. The van der Waals surface area contributed by atoms with Gasteiger partial charge < -0.3 is 4.74 Å². The van der Waals surface area contributed by atoms with Gasteiger partial charge in [-0.1, -0.05) is 17.7 Å². The molecule has 1 aliphatic heterocycles. The van der Waals surface area contributed by atoms with Crippen molar-refractivity contribution in [1.82, 2.24) is 4.90 Å². The molecule has 0 spiro atoms. The van der Waals surface area contributed by atoms with Crippen molar-refractivity contribution < 1.29 is 23.9 Å². The Bertz CT molecular complexity index is 1200.